The summed E-state index contributed by atoms with van der Waals surface area (Å²) >= 11 is 6.53. The fourth-order valence-electron chi connectivity index (χ4n) is 1.28. The maximum absolute atomic E-state index is 10.3. The predicted octanol–water partition coefficient (Wildman–Crippen LogP) is 4.53. The molecule has 0 aliphatic heterocycles. The normalized spacial score (nSPS) is 9.15. The van der Waals surface area contributed by atoms with Gasteiger partial charge in [-0.25, -0.2) is 0 Å². The number of carbonyl (C=O) groups is 2. The Morgan fingerprint density at radius 3 is 2.05 bits per heavy atom. The molecule has 2 rings (SSSR count). The minimum atomic E-state index is 0.667. The van der Waals surface area contributed by atoms with Gasteiger partial charge in [-0.15, -0.1) is 0 Å². The van der Waals surface area contributed by atoms with Crippen LogP contribution >= 0.6 is 31.9 Å². The molecule has 0 N–H and O–H groups in total. The van der Waals surface area contributed by atoms with Crippen LogP contribution in [0.5, 0.6) is 5.75 Å². The highest BCUT2D eigenvalue weighted by atomic mass is 79.9. The molecule has 0 fully saturated rings. The van der Waals surface area contributed by atoms with Crippen molar-refractivity contribution in [2.24, 2.45) is 0 Å². The van der Waals surface area contributed by atoms with Gasteiger partial charge in [0.2, 0.25) is 0 Å². The third-order valence-electron chi connectivity index (χ3n) is 2.34. The second-order valence-electron chi connectivity index (χ2n) is 3.67. The maximum Gasteiger partial charge on any atom is 0.151 e. The summed E-state index contributed by atoms with van der Waals surface area (Å²) in [4.78, 5) is 20.5. The van der Waals surface area contributed by atoms with Crippen LogP contribution in [0.15, 0.2) is 51.4 Å². The van der Waals surface area contributed by atoms with E-state index in [9.17, 15) is 9.59 Å². The summed E-state index contributed by atoms with van der Waals surface area (Å²) < 4.78 is 6.68. The molecule has 2 aromatic rings. The molecule has 0 heterocycles. The third-order valence-corrected chi connectivity index (χ3v) is 3.52. The van der Waals surface area contributed by atoms with Crippen LogP contribution in [-0.4, -0.2) is 19.7 Å². The summed E-state index contributed by atoms with van der Waals surface area (Å²) in [7, 11) is 1.59. The summed E-state index contributed by atoms with van der Waals surface area (Å²) in [6.07, 6.45) is 1.62. The number of ether oxygens (including phenoxy) is 1. The highest BCUT2D eigenvalue weighted by molar-refractivity contribution is 9.11. The molecule has 0 aliphatic carbocycles. The number of carbonyl (C=O) groups excluding carboxylic acids is 2. The van der Waals surface area contributed by atoms with Crippen molar-refractivity contribution in [2.75, 3.05) is 7.11 Å². The van der Waals surface area contributed by atoms with Crippen LogP contribution in [0.2, 0.25) is 0 Å². The lowest BCUT2D eigenvalue weighted by atomic mass is 10.2. The molecule has 104 valence electrons. The van der Waals surface area contributed by atoms with Crippen LogP contribution in [0.3, 0.4) is 0 Å². The van der Waals surface area contributed by atoms with Gasteiger partial charge in [-0.1, -0.05) is 31.9 Å². The number of hydrogen-bond donors (Lipinski definition) is 0. The first-order chi connectivity index (χ1) is 9.60. The largest absolute Gasteiger partial charge is 0.497 e. The fourth-order valence-corrected chi connectivity index (χ4v) is 2.42. The Morgan fingerprint density at radius 2 is 1.60 bits per heavy atom. The molecule has 5 heteroatoms. The molecule has 0 spiro atoms. The summed E-state index contributed by atoms with van der Waals surface area (Å²) in [6, 6.07) is 12.4. The van der Waals surface area contributed by atoms with Gasteiger partial charge < -0.3 is 4.74 Å². The SMILES string of the molecule is COc1ccc(C=O)cc1.O=Cc1ccc(Br)cc1Br. The van der Waals surface area contributed by atoms with E-state index < -0.39 is 0 Å². The Morgan fingerprint density at radius 1 is 0.950 bits per heavy atom. The molecule has 0 saturated carbocycles. The molecule has 0 aliphatic rings. The van der Waals surface area contributed by atoms with Gasteiger partial charge in [-0.2, -0.15) is 0 Å². The van der Waals surface area contributed by atoms with Crippen LogP contribution in [0.4, 0.5) is 0 Å². The number of methoxy groups -OCH3 is 1. The molecule has 3 nitrogen and oxygen atoms in total. The van der Waals surface area contributed by atoms with Gasteiger partial charge in [0.25, 0.3) is 0 Å². The zero-order chi connectivity index (χ0) is 15.0. The van der Waals surface area contributed by atoms with E-state index >= 15 is 0 Å². The number of hydrogen-bond acceptors (Lipinski definition) is 3. The van der Waals surface area contributed by atoms with Crippen molar-refractivity contribution in [1.29, 1.82) is 0 Å². The van der Waals surface area contributed by atoms with Crippen LogP contribution in [-0.2, 0) is 0 Å². The van der Waals surface area contributed by atoms with E-state index in [1.54, 1.807) is 37.4 Å². The Hall–Kier alpha value is -1.46. The quantitative estimate of drug-likeness (QED) is 0.712. The average Bonchev–Trinajstić information content (AvgIpc) is 2.48. The molecular weight excluding hydrogens is 388 g/mol. The molecule has 0 saturated heterocycles. The summed E-state index contributed by atoms with van der Waals surface area (Å²) in [5, 5.41) is 0. The molecule has 0 aromatic heterocycles. The molecule has 20 heavy (non-hydrogen) atoms. The molecule has 0 unspecified atom stereocenters. The van der Waals surface area contributed by atoms with Gasteiger partial charge in [0.1, 0.15) is 12.0 Å². The lowest BCUT2D eigenvalue weighted by Crippen LogP contribution is -1.82. The number of halogens is 2. The van der Waals surface area contributed by atoms with Gasteiger partial charge in [0, 0.05) is 20.1 Å². The molecule has 2 aromatic carbocycles. The van der Waals surface area contributed by atoms with Crippen molar-refractivity contribution >= 4 is 44.4 Å². The molecule has 0 amide bonds. The highest BCUT2D eigenvalue weighted by Crippen LogP contribution is 2.20. The van der Waals surface area contributed by atoms with E-state index in [1.165, 1.54) is 0 Å². The van der Waals surface area contributed by atoms with Gasteiger partial charge in [-0.05, 0) is 42.5 Å². The second kappa shape index (κ2) is 8.66. The van der Waals surface area contributed by atoms with Crippen molar-refractivity contribution in [3.8, 4) is 5.75 Å². The number of benzene rings is 2. The van der Waals surface area contributed by atoms with Gasteiger partial charge in [0.05, 0.1) is 7.11 Å². The standard InChI is InChI=1S/C8H8O2.C7H4Br2O/c1-10-8-4-2-7(6-9)3-5-8;8-6-2-1-5(4-10)7(9)3-6/h2-6H,1H3;1-4H. The zero-order valence-corrected chi connectivity index (χ0v) is 13.8. The fraction of sp³-hybridized carbons (Fsp3) is 0.0667. The van der Waals surface area contributed by atoms with E-state index in [0.29, 0.717) is 11.1 Å². The van der Waals surface area contributed by atoms with Crippen LogP contribution in [0.25, 0.3) is 0 Å². The zero-order valence-electron chi connectivity index (χ0n) is 10.7. The minimum absolute atomic E-state index is 0.667. The summed E-state index contributed by atoms with van der Waals surface area (Å²) in [5.41, 5.74) is 1.34. The lowest BCUT2D eigenvalue weighted by molar-refractivity contribution is 0.111. The minimum Gasteiger partial charge on any atom is -0.497 e. The predicted molar refractivity (Wildman–Crippen MR) is 85.6 cm³/mol. The Bertz CT molecular complexity index is 580. The first-order valence-corrected chi connectivity index (χ1v) is 7.18. The van der Waals surface area contributed by atoms with E-state index in [2.05, 4.69) is 31.9 Å². The van der Waals surface area contributed by atoms with E-state index in [-0.39, 0.29) is 0 Å². The Kier molecular flexibility index (Phi) is 7.18. The van der Waals surface area contributed by atoms with Crippen LogP contribution in [0, 0.1) is 0 Å². The van der Waals surface area contributed by atoms with Crippen molar-refractivity contribution in [3.63, 3.8) is 0 Å². The van der Waals surface area contributed by atoms with E-state index in [1.807, 2.05) is 12.1 Å². The Labute approximate surface area is 134 Å². The molecule has 0 bridgehead atoms. The topological polar surface area (TPSA) is 43.4 Å². The number of rotatable bonds is 3. The lowest BCUT2D eigenvalue weighted by Gasteiger charge is -1.96. The molecule has 0 atom stereocenters. The van der Waals surface area contributed by atoms with Crippen molar-refractivity contribution in [1.82, 2.24) is 0 Å². The summed E-state index contributed by atoms with van der Waals surface area (Å²) in [6.45, 7) is 0. The van der Waals surface area contributed by atoms with Gasteiger partial charge in [-0.3, -0.25) is 9.59 Å². The maximum atomic E-state index is 10.3. The van der Waals surface area contributed by atoms with Crippen molar-refractivity contribution in [2.45, 2.75) is 0 Å². The summed E-state index contributed by atoms with van der Waals surface area (Å²) in [5.74, 6) is 0.769. The van der Waals surface area contributed by atoms with E-state index in [0.717, 1.165) is 27.3 Å². The van der Waals surface area contributed by atoms with Crippen molar-refractivity contribution < 1.29 is 14.3 Å². The second-order valence-corrected chi connectivity index (χ2v) is 5.44. The number of aldehydes is 2. The van der Waals surface area contributed by atoms with Gasteiger partial charge >= 0.3 is 0 Å². The average molecular weight is 400 g/mol. The first-order valence-electron chi connectivity index (χ1n) is 5.60. The van der Waals surface area contributed by atoms with Crippen LogP contribution in [0.1, 0.15) is 20.7 Å². The monoisotopic (exact) mass is 398 g/mol. The molecular formula is C15H12Br2O3. The molecule has 0 radical (unpaired) electrons. The van der Waals surface area contributed by atoms with E-state index in [4.69, 9.17) is 4.74 Å². The third kappa shape index (κ3) is 5.27. The van der Waals surface area contributed by atoms with Crippen molar-refractivity contribution in [3.05, 3.63) is 62.5 Å². The highest BCUT2D eigenvalue weighted by Gasteiger charge is 1.96. The van der Waals surface area contributed by atoms with Gasteiger partial charge in [0.15, 0.2) is 6.29 Å². The smallest absolute Gasteiger partial charge is 0.151 e. The van der Waals surface area contributed by atoms with Crippen LogP contribution < -0.4 is 4.74 Å². The Balaban J connectivity index is 0.000000200. The first kappa shape index (κ1) is 16.6.